The first-order valence-electron chi connectivity index (χ1n) is 6.25. The van der Waals surface area contributed by atoms with Gasteiger partial charge < -0.3 is 45.6 Å². The van der Waals surface area contributed by atoms with E-state index in [1.54, 1.807) is 0 Å². The number of rotatable bonds is 6. The normalized spacial score (nSPS) is 37.8. The van der Waals surface area contributed by atoms with Gasteiger partial charge in [-0.3, -0.25) is 4.79 Å². The molecule has 21 heavy (non-hydrogen) atoms. The molecule has 1 saturated heterocycles. The molecule has 0 aromatic heterocycles. The van der Waals surface area contributed by atoms with Crippen LogP contribution in [-0.2, 0) is 9.53 Å². The average molecular weight is 312 g/mol. The zero-order valence-electron chi connectivity index (χ0n) is 10.9. The molecule has 0 amide bonds. The molecule has 0 bridgehead atoms. The van der Waals surface area contributed by atoms with Gasteiger partial charge in [0, 0.05) is 0 Å². The average Bonchev–Trinajstić information content (AvgIpc) is 2.50. The second-order valence-electron chi connectivity index (χ2n) is 4.84. The molecular formula is C11H20O10. The fraction of sp³-hybridized carbons (Fsp3) is 0.909. The van der Waals surface area contributed by atoms with Crippen molar-refractivity contribution >= 4 is 5.78 Å². The first kappa shape index (κ1) is 18.4. The summed E-state index contributed by atoms with van der Waals surface area (Å²) in [5, 5.41) is 74.5. The van der Waals surface area contributed by atoms with Crippen LogP contribution in [-0.4, -0.2) is 109 Å². The minimum Gasteiger partial charge on any atom is -0.394 e. The van der Waals surface area contributed by atoms with Crippen LogP contribution < -0.4 is 0 Å². The topological polar surface area (TPSA) is 188 Å². The van der Waals surface area contributed by atoms with Crippen LogP contribution in [0.4, 0.5) is 0 Å². The fourth-order valence-electron chi connectivity index (χ4n) is 1.99. The van der Waals surface area contributed by atoms with Crippen LogP contribution in [0.5, 0.6) is 0 Å². The van der Waals surface area contributed by atoms with Gasteiger partial charge in [0.2, 0.25) is 0 Å². The van der Waals surface area contributed by atoms with Gasteiger partial charge in [0.1, 0.15) is 48.8 Å². The number of aliphatic hydroxyl groups excluding tert-OH is 8. The van der Waals surface area contributed by atoms with Crippen molar-refractivity contribution in [3.05, 3.63) is 0 Å². The molecule has 124 valence electrons. The van der Waals surface area contributed by atoms with Crippen molar-refractivity contribution in [1.82, 2.24) is 0 Å². The minimum absolute atomic E-state index is 0.757. The predicted octanol–water partition coefficient (Wildman–Crippen LogP) is -5.53. The maximum absolute atomic E-state index is 11.9. The van der Waals surface area contributed by atoms with Crippen LogP contribution in [0.2, 0.25) is 0 Å². The summed E-state index contributed by atoms with van der Waals surface area (Å²) < 4.78 is 4.90. The lowest BCUT2D eigenvalue weighted by molar-refractivity contribution is -0.230. The maximum atomic E-state index is 11.9. The van der Waals surface area contributed by atoms with Gasteiger partial charge in [0.15, 0.2) is 5.78 Å². The summed E-state index contributed by atoms with van der Waals surface area (Å²) in [4.78, 5) is 11.9. The van der Waals surface area contributed by atoms with Crippen molar-refractivity contribution in [3.63, 3.8) is 0 Å². The molecule has 1 unspecified atom stereocenters. The summed E-state index contributed by atoms with van der Waals surface area (Å²) in [5.41, 5.74) is 0. The SMILES string of the molecule is O=C(C1O[C@H](CO)[C@@H](O)[C@H](O)[C@H]1O)[C@H](O)[C@@H](O)[C@H](O)CO. The van der Waals surface area contributed by atoms with Crippen molar-refractivity contribution in [2.45, 2.75) is 48.8 Å². The zero-order valence-corrected chi connectivity index (χ0v) is 10.9. The molecule has 10 heteroatoms. The largest absolute Gasteiger partial charge is 0.394 e. The van der Waals surface area contributed by atoms with Gasteiger partial charge >= 0.3 is 0 Å². The number of carbonyl (C=O) groups is 1. The lowest BCUT2D eigenvalue weighted by Gasteiger charge is -2.40. The second-order valence-corrected chi connectivity index (χ2v) is 4.84. The monoisotopic (exact) mass is 312 g/mol. The molecule has 8 atom stereocenters. The quantitative estimate of drug-likeness (QED) is 0.235. The van der Waals surface area contributed by atoms with Gasteiger partial charge in [-0.2, -0.15) is 0 Å². The Balaban J connectivity index is 2.85. The molecule has 1 aliphatic heterocycles. The van der Waals surface area contributed by atoms with Crippen molar-refractivity contribution in [2.24, 2.45) is 0 Å². The first-order valence-corrected chi connectivity index (χ1v) is 6.25. The Bertz CT molecular complexity index is 348. The van der Waals surface area contributed by atoms with Crippen molar-refractivity contribution in [1.29, 1.82) is 0 Å². The van der Waals surface area contributed by atoms with Gasteiger partial charge in [-0.25, -0.2) is 0 Å². The third kappa shape index (κ3) is 3.74. The number of hydrogen-bond donors (Lipinski definition) is 8. The van der Waals surface area contributed by atoms with E-state index in [2.05, 4.69) is 0 Å². The number of ether oxygens (including phenoxy) is 1. The number of ketones is 1. The Morgan fingerprint density at radius 1 is 1.00 bits per heavy atom. The van der Waals surface area contributed by atoms with Gasteiger partial charge in [0.05, 0.1) is 13.2 Å². The zero-order chi connectivity index (χ0) is 16.3. The lowest BCUT2D eigenvalue weighted by atomic mass is 9.90. The molecule has 0 radical (unpaired) electrons. The number of aliphatic hydroxyl groups is 8. The van der Waals surface area contributed by atoms with Crippen LogP contribution in [0.25, 0.3) is 0 Å². The molecule has 1 aliphatic rings. The molecule has 0 spiro atoms. The second kappa shape index (κ2) is 7.54. The number of hydrogen-bond acceptors (Lipinski definition) is 10. The molecule has 0 saturated carbocycles. The molecule has 10 nitrogen and oxygen atoms in total. The van der Waals surface area contributed by atoms with Crippen LogP contribution in [0, 0.1) is 0 Å². The third-order valence-corrected chi connectivity index (χ3v) is 3.37. The number of carbonyl (C=O) groups excluding carboxylic acids is 1. The highest BCUT2D eigenvalue weighted by atomic mass is 16.5. The summed E-state index contributed by atoms with van der Waals surface area (Å²) in [6.07, 6.45) is -14.6. The Hall–Kier alpha value is -0.690. The van der Waals surface area contributed by atoms with Gasteiger partial charge in [-0.05, 0) is 0 Å². The molecule has 1 fully saturated rings. The Morgan fingerprint density at radius 3 is 2.05 bits per heavy atom. The maximum Gasteiger partial charge on any atom is 0.195 e. The fourth-order valence-corrected chi connectivity index (χ4v) is 1.99. The Morgan fingerprint density at radius 2 is 1.57 bits per heavy atom. The lowest BCUT2D eigenvalue weighted by Crippen LogP contribution is -2.63. The van der Waals surface area contributed by atoms with E-state index in [0.717, 1.165) is 0 Å². The molecular weight excluding hydrogens is 292 g/mol. The predicted molar refractivity (Wildman–Crippen MR) is 63.9 cm³/mol. The highest BCUT2D eigenvalue weighted by Gasteiger charge is 2.48. The van der Waals surface area contributed by atoms with E-state index in [9.17, 15) is 30.3 Å². The first-order chi connectivity index (χ1) is 9.76. The van der Waals surface area contributed by atoms with Crippen molar-refractivity contribution in [2.75, 3.05) is 13.2 Å². The third-order valence-electron chi connectivity index (χ3n) is 3.37. The van der Waals surface area contributed by atoms with Crippen molar-refractivity contribution < 1.29 is 50.4 Å². The molecule has 1 heterocycles. The van der Waals surface area contributed by atoms with Gasteiger partial charge in [-0.15, -0.1) is 0 Å². The van der Waals surface area contributed by atoms with Crippen LogP contribution in [0.1, 0.15) is 0 Å². The van der Waals surface area contributed by atoms with Crippen molar-refractivity contribution in [3.8, 4) is 0 Å². The van der Waals surface area contributed by atoms with E-state index in [0.29, 0.717) is 0 Å². The summed E-state index contributed by atoms with van der Waals surface area (Å²) in [7, 11) is 0. The summed E-state index contributed by atoms with van der Waals surface area (Å²) in [6, 6.07) is 0. The highest BCUT2D eigenvalue weighted by molar-refractivity contribution is 5.88. The van der Waals surface area contributed by atoms with E-state index in [4.69, 9.17) is 20.1 Å². The van der Waals surface area contributed by atoms with E-state index < -0.39 is 67.8 Å². The van der Waals surface area contributed by atoms with Gasteiger partial charge in [0.25, 0.3) is 0 Å². The molecule has 0 aliphatic carbocycles. The van der Waals surface area contributed by atoms with E-state index in [-0.39, 0.29) is 0 Å². The highest BCUT2D eigenvalue weighted by Crippen LogP contribution is 2.23. The summed E-state index contributed by atoms with van der Waals surface area (Å²) in [6.45, 7) is -1.67. The summed E-state index contributed by atoms with van der Waals surface area (Å²) >= 11 is 0. The molecule has 0 aromatic rings. The van der Waals surface area contributed by atoms with E-state index in [1.165, 1.54) is 0 Å². The van der Waals surface area contributed by atoms with Crippen LogP contribution >= 0.6 is 0 Å². The Labute approximate surface area is 119 Å². The minimum atomic E-state index is -2.20. The standard InChI is InChI=1S/C11H20O10/c12-1-3(14)5(15)7(17)9(19)11-10(20)8(18)6(16)4(2-13)21-11/h3-8,10-18,20H,1-2H2/t3-,4-,5+,6-,7-,8+,10-,11?/m1/s1. The van der Waals surface area contributed by atoms with Gasteiger partial charge in [-0.1, -0.05) is 0 Å². The van der Waals surface area contributed by atoms with Crippen LogP contribution in [0.15, 0.2) is 0 Å². The van der Waals surface area contributed by atoms with Crippen LogP contribution in [0.3, 0.4) is 0 Å². The molecule has 8 N–H and O–H groups in total. The molecule has 0 aromatic carbocycles. The molecule has 1 rings (SSSR count). The summed E-state index contributed by atoms with van der Waals surface area (Å²) in [5.74, 6) is -1.27. The smallest absolute Gasteiger partial charge is 0.195 e. The Kier molecular flexibility index (Phi) is 6.59. The number of Topliss-reactive ketones (excluding diaryl/α,β-unsaturated/α-hetero) is 1. The van der Waals surface area contributed by atoms with E-state index in [1.807, 2.05) is 0 Å². The van der Waals surface area contributed by atoms with E-state index >= 15 is 0 Å².